The molecular weight excluding hydrogens is 332 g/mol. The van der Waals surface area contributed by atoms with Gasteiger partial charge in [-0.2, -0.15) is 0 Å². The summed E-state index contributed by atoms with van der Waals surface area (Å²) in [4.78, 5) is 25.7. The molecule has 0 radical (unpaired) electrons. The first-order chi connectivity index (χ1) is 11.9. The number of H-pyrrole nitrogens is 1. The van der Waals surface area contributed by atoms with E-state index in [0.717, 1.165) is 0 Å². The van der Waals surface area contributed by atoms with E-state index in [4.69, 9.17) is 0 Å². The van der Waals surface area contributed by atoms with Crippen molar-refractivity contribution in [3.63, 3.8) is 0 Å². The summed E-state index contributed by atoms with van der Waals surface area (Å²) >= 11 is 0. The van der Waals surface area contributed by atoms with Crippen LogP contribution < -0.4 is 11.1 Å². The van der Waals surface area contributed by atoms with E-state index in [-0.39, 0.29) is 11.9 Å². The number of amides is 1. The minimum Gasteiger partial charge on any atom is -0.349 e. The average molecular weight is 349 g/mol. The number of nitrogens with one attached hydrogen (secondary N) is 2. The second kappa shape index (κ2) is 5.79. The van der Waals surface area contributed by atoms with Crippen LogP contribution in [0.2, 0.25) is 0 Å². The maximum absolute atomic E-state index is 13.4. The van der Waals surface area contributed by atoms with Gasteiger partial charge in [-0.05, 0) is 37.8 Å². The molecule has 2 unspecified atom stereocenters. The maximum atomic E-state index is 13.4. The number of hydrogen-bond acceptors (Lipinski definition) is 4. The zero-order valence-corrected chi connectivity index (χ0v) is 13.3. The van der Waals surface area contributed by atoms with Crippen LogP contribution in [0.4, 0.5) is 8.78 Å². The van der Waals surface area contributed by atoms with E-state index >= 15 is 0 Å². The van der Waals surface area contributed by atoms with Crippen LogP contribution in [0.1, 0.15) is 36.0 Å². The van der Waals surface area contributed by atoms with Gasteiger partial charge in [0.2, 0.25) is 0 Å². The van der Waals surface area contributed by atoms with E-state index in [0.29, 0.717) is 42.6 Å². The molecule has 2 atom stereocenters. The number of nitrogens with zero attached hydrogens (tertiary/aromatic N) is 1. The minimum absolute atomic E-state index is 0.0670. The summed E-state index contributed by atoms with van der Waals surface area (Å²) in [5.41, 5.74) is 1.09. The van der Waals surface area contributed by atoms with Gasteiger partial charge in [-0.15, -0.1) is 0 Å². The van der Waals surface area contributed by atoms with Crippen LogP contribution in [-0.4, -0.2) is 28.0 Å². The fourth-order valence-corrected chi connectivity index (χ4v) is 3.70. The van der Waals surface area contributed by atoms with Crippen LogP contribution in [0.25, 0.3) is 11.4 Å². The third kappa shape index (κ3) is 2.96. The molecule has 0 bridgehead atoms. The molecule has 2 saturated carbocycles. The third-order valence-electron chi connectivity index (χ3n) is 5.21. The van der Waals surface area contributed by atoms with Gasteiger partial charge in [-0.25, -0.2) is 13.6 Å². The smallest absolute Gasteiger partial charge is 0.349 e. The van der Waals surface area contributed by atoms with Crippen molar-refractivity contribution in [1.82, 2.24) is 15.5 Å². The first-order valence-electron chi connectivity index (χ1n) is 8.30. The number of halogens is 2. The van der Waals surface area contributed by atoms with Gasteiger partial charge in [0.1, 0.15) is 0 Å². The van der Waals surface area contributed by atoms with E-state index in [1.54, 1.807) is 24.3 Å². The normalized spacial score (nSPS) is 27.2. The zero-order chi connectivity index (χ0) is 17.6. The molecule has 1 heterocycles. The van der Waals surface area contributed by atoms with Crippen molar-refractivity contribution in [3.05, 3.63) is 40.4 Å². The summed E-state index contributed by atoms with van der Waals surface area (Å²) in [6, 6.07) is 6.50. The number of fused-ring (bicyclic) bond motifs is 1. The molecule has 8 heteroatoms. The molecule has 0 spiro atoms. The molecule has 0 saturated heterocycles. The first-order valence-corrected chi connectivity index (χ1v) is 8.30. The number of rotatable bonds is 3. The van der Waals surface area contributed by atoms with Crippen molar-refractivity contribution >= 4 is 5.91 Å². The quantitative estimate of drug-likeness (QED) is 0.891. The van der Waals surface area contributed by atoms with Gasteiger partial charge >= 0.3 is 5.76 Å². The first kappa shape index (κ1) is 16.0. The second-order valence-corrected chi connectivity index (χ2v) is 6.73. The van der Waals surface area contributed by atoms with E-state index in [1.807, 2.05) is 0 Å². The monoisotopic (exact) mass is 349 g/mol. The fraction of sp³-hybridized carbons (Fsp3) is 0.471. The highest BCUT2D eigenvalue weighted by molar-refractivity contribution is 5.94. The van der Waals surface area contributed by atoms with E-state index < -0.39 is 23.5 Å². The lowest BCUT2D eigenvalue weighted by molar-refractivity contribution is 0.0757. The Morgan fingerprint density at radius 3 is 2.36 bits per heavy atom. The van der Waals surface area contributed by atoms with Crippen LogP contribution in [-0.2, 0) is 0 Å². The van der Waals surface area contributed by atoms with Crippen LogP contribution in [0, 0.1) is 11.8 Å². The number of hydrogen-bond donors (Lipinski definition) is 2. The molecule has 4 rings (SSSR count). The van der Waals surface area contributed by atoms with Crippen molar-refractivity contribution in [2.24, 2.45) is 11.8 Å². The Morgan fingerprint density at radius 1 is 1.16 bits per heavy atom. The van der Waals surface area contributed by atoms with E-state index in [9.17, 15) is 18.4 Å². The lowest BCUT2D eigenvalue weighted by atomic mass is 10.0. The number of aromatic nitrogens is 2. The van der Waals surface area contributed by atoms with Crippen molar-refractivity contribution in [2.45, 2.75) is 37.6 Å². The third-order valence-corrected chi connectivity index (χ3v) is 5.21. The summed E-state index contributed by atoms with van der Waals surface area (Å²) < 4.78 is 31.2. The molecule has 1 aromatic carbocycles. The summed E-state index contributed by atoms with van der Waals surface area (Å²) in [6.07, 6.45) is 2.09. The molecule has 6 nitrogen and oxygen atoms in total. The zero-order valence-electron chi connectivity index (χ0n) is 13.3. The van der Waals surface area contributed by atoms with Gasteiger partial charge < -0.3 is 5.32 Å². The summed E-state index contributed by atoms with van der Waals surface area (Å²) in [6.45, 7) is 0. The number of carbonyl (C=O) groups is 1. The van der Waals surface area contributed by atoms with Crippen LogP contribution in [0.5, 0.6) is 0 Å². The Labute approximate surface area is 141 Å². The van der Waals surface area contributed by atoms with Gasteiger partial charge in [-0.3, -0.25) is 14.3 Å². The molecule has 2 N–H and O–H groups in total. The molecule has 25 heavy (non-hydrogen) atoms. The molecule has 1 aromatic heterocycles. The molecule has 132 valence electrons. The molecule has 2 aromatic rings. The van der Waals surface area contributed by atoms with Crippen molar-refractivity contribution in [3.8, 4) is 11.4 Å². The van der Waals surface area contributed by atoms with Crippen LogP contribution in [0.3, 0.4) is 0 Å². The highest BCUT2D eigenvalue weighted by Crippen LogP contribution is 2.61. The Bertz CT molecular complexity index is 827. The molecule has 2 aliphatic rings. The highest BCUT2D eigenvalue weighted by Gasteiger charge is 2.67. The molecule has 1 amide bonds. The van der Waals surface area contributed by atoms with Gasteiger partial charge in [0.25, 0.3) is 11.8 Å². The van der Waals surface area contributed by atoms with Gasteiger partial charge in [0.05, 0.1) is 0 Å². The van der Waals surface area contributed by atoms with Gasteiger partial charge in [-0.1, -0.05) is 17.3 Å². The predicted molar refractivity (Wildman–Crippen MR) is 84.2 cm³/mol. The second-order valence-electron chi connectivity index (χ2n) is 6.73. The van der Waals surface area contributed by atoms with Crippen LogP contribution >= 0.6 is 0 Å². The van der Waals surface area contributed by atoms with E-state index in [2.05, 4.69) is 20.0 Å². The number of benzene rings is 1. The number of aromatic amines is 1. The summed E-state index contributed by atoms with van der Waals surface area (Å²) in [5, 5.41) is 6.51. The lowest BCUT2D eigenvalue weighted by Crippen LogP contribution is -2.34. The Kier molecular flexibility index (Phi) is 3.70. The van der Waals surface area contributed by atoms with Crippen molar-refractivity contribution < 1.29 is 18.1 Å². The van der Waals surface area contributed by atoms with Crippen molar-refractivity contribution in [2.75, 3.05) is 0 Å². The topological polar surface area (TPSA) is 88.0 Å². The van der Waals surface area contributed by atoms with Crippen LogP contribution in [0.15, 0.2) is 33.6 Å². The Hall–Kier alpha value is -2.51. The largest absolute Gasteiger partial charge is 0.439 e. The Balaban J connectivity index is 1.37. The van der Waals surface area contributed by atoms with E-state index in [1.165, 1.54) is 0 Å². The number of alkyl halides is 2. The predicted octanol–water partition coefficient (Wildman–Crippen LogP) is 2.58. The average Bonchev–Trinajstić information content (AvgIpc) is 2.96. The lowest BCUT2D eigenvalue weighted by Gasteiger charge is -2.18. The fourth-order valence-electron chi connectivity index (χ4n) is 3.70. The molecule has 2 fully saturated rings. The standard InChI is InChI=1S/C17H17F2N3O3/c18-17(19)12-7-5-11(6-8-13(12)17)20-15(23)10-3-1-9(2-4-10)14-21-16(24)25-22-14/h1-4,11-13H,5-8H2,(H,20,23)(H,21,22,24). The number of carbonyl (C=O) groups excluding carboxylic acids is 1. The summed E-state index contributed by atoms with van der Waals surface area (Å²) in [5.74, 6) is -4.08. The maximum Gasteiger partial charge on any atom is 0.439 e. The SMILES string of the molecule is O=C(NC1CCC2C(CC1)C2(F)F)c1ccc(-c2noc(=O)[nH]2)cc1. The minimum atomic E-state index is -2.49. The highest BCUT2D eigenvalue weighted by atomic mass is 19.3. The summed E-state index contributed by atoms with van der Waals surface area (Å²) in [7, 11) is 0. The van der Waals surface area contributed by atoms with Gasteiger partial charge in [0.15, 0.2) is 5.82 Å². The molecule has 2 aliphatic carbocycles. The molecular formula is C17H17F2N3O3. The van der Waals surface area contributed by atoms with Gasteiger partial charge in [0, 0.05) is 29.0 Å². The Morgan fingerprint density at radius 2 is 1.80 bits per heavy atom. The van der Waals surface area contributed by atoms with Crippen molar-refractivity contribution in [1.29, 1.82) is 0 Å². The molecule has 0 aliphatic heterocycles.